The zero-order valence-corrected chi connectivity index (χ0v) is 7.62. The number of nitrogens with zero attached hydrogens (tertiary/aromatic N) is 1. The summed E-state index contributed by atoms with van der Waals surface area (Å²) in [6, 6.07) is 0. The van der Waals surface area contributed by atoms with Gasteiger partial charge in [-0.1, -0.05) is 0 Å². The van der Waals surface area contributed by atoms with Gasteiger partial charge in [0.05, 0.1) is 24.6 Å². The van der Waals surface area contributed by atoms with Crippen LogP contribution < -0.4 is 11.1 Å². The lowest BCUT2D eigenvalue weighted by Gasteiger charge is -2.32. The van der Waals surface area contributed by atoms with Crippen molar-refractivity contribution >= 4 is 0 Å². The summed E-state index contributed by atoms with van der Waals surface area (Å²) in [6.07, 6.45) is 3.99. The molecule has 2 rings (SSSR count). The standard InChI is InChI=1S/C9H15N3O/c10-8-7-11-2-1-9(8)12-3-5-13-6-4-12/h1,7,11H,2-6,10H2. The topological polar surface area (TPSA) is 50.5 Å². The summed E-state index contributed by atoms with van der Waals surface area (Å²) < 4.78 is 5.28. The molecule has 0 atom stereocenters. The molecule has 0 bridgehead atoms. The van der Waals surface area contributed by atoms with E-state index in [4.69, 9.17) is 10.5 Å². The van der Waals surface area contributed by atoms with E-state index in [2.05, 4.69) is 16.3 Å². The SMILES string of the molecule is NC1=CNCC=C1N1CCOCC1. The first-order chi connectivity index (χ1) is 6.38. The van der Waals surface area contributed by atoms with Crippen LogP contribution in [0.5, 0.6) is 0 Å². The molecular formula is C9H15N3O. The number of morpholine rings is 1. The minimum absolute atomic E-state index is 0.804. The minimum atomic E-state index is 0.804. The molecule has 3 N–H and O–H groups in total. The van der Waals surface area contributed by atoms with Crippen molar-refractivity contribution in [2.45, 2.75) is 0 Å². The smallest absolute Gasteiger partial charge is 0.0708 e. The van der Waals surface area contributed by atoms with Crippen LogP contribution in [0.15, 0.2) is 23.7 Å². The number of hydrogen-bond donors (Lipinski definition) is 2. The van der Waals surface area contributed by atoms with Gasteiger partial charge in [0.15, 0.2) is 0 Å². The van der Waals surface area contributed by atoms with Crippen molar-refractivity contribution in [1.29, 1.82) is 0 Å². The maximum absolute atomic E-state index is 5.86. The summed E-state index contributed by atoms with van der Waals surface area (Å²) in [4.78, 5) is 2.27. The van der Waals surface area contributed by atoms with Crippen molar-refractivity contribution < 1.29 is 4.74 Å². The molecule has 4 nitrogen and oxygen atoms in total. The van der Waals surface area contributed by atoms with E-state index in [0.29, 0.717) is 0 Å². The van der Waals surface area contributed by atoms with Gasteiger partial charge in [-0.2, -0.15) is 0 Å². The Bertz CT molecular complexity index is 241. The van der Waals surface area contributed by atoms with E-state index < -0.39 is 0 Å². The maximum atomic E-state index is 5.86. The van der Waals surface area contributed by atoms with Gasteiger partial charge in [0.25, 0.3) is 0 Å². The van der Waals surface area contributed by atoms with E-state index in [9.17, 15) is 0 Å². The van der Waals surface area contributed by atoms with Gasteiger partial charge in [-0.05, 0) is 6.08 Å². The van der Waals surface area contributed by atoms with Gasteiger partial charge in [0, 0.05) is 25.8 Å². The van der Waals surface area contributed by atoms with Crippen LogP contribution in [0.2, 0.25) is 0 Å². The Hall–Kier alpha value is -1.16. The molecule has 1 saturated heterocycles. The van der Waals surface area contributed by atoms with Gasteiger partial charge in [-0.15, -0.1) is 0 Å². The molecule has 2 heterocycles. The Balaban J connectivity index is 2.05. The predicted octanol–water partition coefficient (Wildman–Crippen LogP) is -0.394. The molecule has 0 amide bonds. The number of nitrogens with two attached hydrogens (primary N) is 1. The Morgan fingerprint density at radius 3 is 2.85 bits per heavy atom. The molecule has 2 aliphatic rings. The zero-order chi connectivity index (χ0) is 9.10. The van der Waals surface area contributed by atoms with Gasteiger partial charge in [0.2, 0.25) is 0 Å². The molecule has 72 valence electrons. The molecule has 0 aromatic heterocycles. The third-order valence-electron chi connectivity index (χ3n) is 2.32. The molecule has 0 aromatic rings. The fourth-order valence-electron chi connectivity index (χ4n) is 1.63. The normalized spacial score (nSPS) is 23.2. The van der Waals surface area contributed by atoms with Crippen molar-refractivity contribution in [3.8, 4) is 0 Å². The van der Waals surface area contributed by atoms with Crippen molar-refractivity contribution in [1.82, 2.24) is 10.2 Å². The van der Waals surface area contributed by atoms with E-state index in [1.807, 2.05) is 6.20 Å². The molecule has 0 spiro atoms. The highest BCUT2D eigenvalue weighted by atomic mass is 16.5. The second-order valence-electron chi connectivity index (χ2n) is 3.20. The highest BCUT2D eigenvalue weighted by molar-refractivity contribution is 5.30. The number of hydrogen-bond acceptors (Lipinski definition) is 4. The number of rotatable bonds is 1. The summed E-state index contributed by atoms with van der Waals surface area (Å²) in [7, 11) is 0. The molecule has 0 aliphatic carbocycles. The average Bonchev–Trinajstić information content (AvgIpc) is 2.20. The minimum Gasteiger partial charge on any atom is -0.396 e. The lowest BCUT2D eigenvalue weighted by Crippen LogP contribution is -2.38. The first-order valence-corrected chi connectivity index (χ1v) is 4.60. The van der Waals surface area contributed by atoms with Crippen LogP contribution in [0.25, 0.3) is 0 Å². The average molecular weight is 181 g/mol. The third kappa shape index (κ3) is 1.78. The highest BCUT2D eigenvalue weighted by Crippen LogP contribution is 2.14. The predicted molar refractivity (Wildman–Crippen MR) is 50.7 cm³/mol. The van der Waals surface area contributed by atoms with E-state index >= 15 is 0 Å². The fraction of sp³-hybridized carbons (Fsp3) is 0.556. The largest absolute Gasteiger partial charge is 0.396 e. The molecule has 0 unspecified atom stereocenters. The Labute approximate surface area is 78.0 Å². The van der Waals surface area contributed by atoms with Crippen LogP contribution >= 0.6 is 0 Å². The van der Waals surface area contributed by atoms with Crippen LogP contribution in [-0.2, 0) is 4.74 Å². The van der Waals surface area contributed by atoms with Crippen LogP contribution in [0.3, 0.4) is 0 Å². The number of nitrogens with one attached hydrogen (secondary N) is 1. The number of ether oxygens (including phenoxy) is 1. The first-order valence-electron chi connectivity index (χ1n) is 4.60. The van der Waals surface area contributed by atoms with Crippen molar-refractivity contribution in [3.05, 3.63) is 23.7 Å². The Morgan fingerprint density at radius 1 is 1.38 bits per heavy atom. The second-order valence-corrected chi connectivity index (χ2v) is 3.20. The monoisotopic (exact) mass is 181 g/mol. The molecule has 4 heteroatoms. The molecule has 0 radical (unpaired) electrons. The van der Waals surface area contributed by atoms with E-state index in [0.717, 1.165) is 44.2 Å². The first kappa shape index (κ1) is 8.44. The van der Waals surface area contributed by atoms with Gasteiger partial charge in [0.1, 0.15) is 0 Å². The van der Waals surface area contributed by atoms with Gasteiger partial charge < -0.3 is 20.7 Å². The van der Waals surface area contributed by atoms with Crippen LogP contribution in [0.1, 0.15) is 0 Å². The summed E-state index contributed by atoms with van der Waals surface area (Å²) in [6.45, 7) is 4.37. The van der Waals surface area contributed by atoms with E-state index in [1.54, 1.807) is 0 Å². The Kier molecular flexibility index (Phi) is 2.40. The van der Waals surface area contributed by atoms with E-state index in [1.165, 1.54) is 0 Å². The lowest BCUT2D eigenvalue weighted by atomic mass is 10.2. The van der Waals surface area contributed by atoms with Crippen molar-refractivity contribution in [2.75, 3.05) is 32.8 Å². The van der Waals surface area contributed by atoms with Crippen LogP contribution in [0, 0.1) is 0 Å². The summed E-state index contributed by atoms with van der Waals surface area (Å²) in [5.41, 5.74) is 7.84. The highest BCUT2D eigenvalue weighted by Gasteiger charge is 2.16. The van der Waals surface area contributed by atoms with E-state index in [-0.39, 0.29) is 0 Å². The second kappa shape index (κ2) is 3.70. The quantitative estimate of drug-likeness (QED) is 0.578. The third-order valence-corrected chi connectivity index (χ3v) is 2.32. The molecular weight excluding hydrogens is 166 g/mol. The lowest BCUT2D eigenvalue weighted by molar-refractivity contribution is 0.0544. The molecule has 0 aromatic carbocycles. The van der Waals surface area contributed by atoms with Gasteiger partial charge in [-0.3, -0.25) is 0 Å². The fourth-order valence-corrected chi connectivity index (χ4v) is 1.63. The van der Waals surface area contributed by atoms with Gasteiger partial charge in [-0.25, -0.2) is 0 Å². The molecule has 2 aliphatic heterocycles. The van der Waals surface area contributed by atoms with Crippen molar-refractivity contribution in [3.63, 3.8) is 0 Å². The number of dihydropyridines is 1. The van der Waals surface area contributed by atoms with Crippen LogP contribution in [-0.4, -0.2) is 37.7 Å². The molecule has 0 saturated carbocycles. The zero-order valence-electron chi connectivity index (χ0n) is 7.62. The Morgan fingerprint density at radius 2 is 2.15 bits per heavy atom. The summed E-state index contributed by atoms with van der Waals surface area (Å²) in [5.74, 6) is 0. The van der Waals surface area contributed by atoms with Crippen LogP contribution in [0.4, 0.5) is 0 Å². The molecule has 13 heavy (non-hydrogen) atoms. The molecule has 1 fully saturated rings. The van der Waals surface area contributed by atoms with Gasteiger partial charge >= 0.3 is 0 Å². The summed E-state index contributed by atoms with van der Waals surface area (Å²) >= 11 is 0. The summed E-state index contributed by atoms with van der Waals surface area (Å²) in [5, 5.41) is 3.08. The van der Waals surface area contributed by atoms with Crippen molar-refractivity contribution in [2.24, 2.45) is 5.73 Å². The maximum Gasteiger partial charge on any atom is 0.0708 e.